The number of halogens is 1. The maximum Gasteiger partial charge on any atom is 0.170 e. The number of hydrogen-bond donors (Lipinski definition) is 1. The van der Waals surface area contributed by atoms with E-state index in [1.54, 1.807) is 0 Å². The normalized spacial score (nSPS) is 23.3. The number of carbonyl (C=O) groups is 1. The Morgan fingerprint density at radius 3 is 2.89 bits per heavy atom. The van der Waals surface area contributed by atoms with E-state index >= 15 is 0 Å². The van der Waals surface area contributed by atoms with Crippen LogP contribution >= 0.6 is 11.6 Å². The van der Waals surface area contributed by atoms with E-state index in [2.05, 4.69) is 5.32 Å². The minimum Gasteiger partial charge on any atom is -0.377 e. The molecule has 4 rings (SSSR count). The van der Waals surface area contributed by atoms with Crippen LogP contribution in [-0.4, -0.2) is 5.78 Å². The van der Waals surface area contributed by atoms with Gasteiger partial charge >= 0.3 is 0 Å². The molecule has 0 spiro atoms. The van der Waals surface area contributed by atoms with Crippen LogP contribution in [0.25, 0.3) is 0 Å². The third-order valence-corrected chi connectivity index (χ3v) is 4.36. The molecule has 2 aromatic rings. The van der Waals surface area contributed by atoms with Crippen LogP contribution in [0.2, 0.25) is 5.02 Å². The van der Waals surface area contributed by atoms with Crippen molar-refractivity contribution in [1.82, 2.24) is 0 Å². The maximum atomic E-state index is 12.6. The molecule has 1 heterocycles. The average Bonchev–Trinajstić information content (AvgIpc) is 2.78. The molecule has 2 aromatic carbocycles. The number of nitrogens with one attached hydrogen (secondary N) is 1. The molecule has 2 unspecified atom stereocenters. The number of anilines is 1. The van der Waals surface area contributed by atoms with Crippen LogP contribution in [0, 0.1) is 5.92 Å². The van der Waals surface area contributed by atoms with Gasteiger partial charge in [-0.05, 0) is 41.8 Å². The van der Waals surface area contributed by atoms with Gasteiger partial charge in [0, 0.05) is 16.3 Å². The molecule has 2 aliphatic rings. The van der Waals surface area contributed by atoms with E-state index in [1.807, 2.05) is 42.5 Å². The number of fused-ring (bicyclic) bond motifs is 4. The Labute approximate surface area is 116 Å². The van der Waals surface area contributed by atoms with Crippen molar-refractivity contribution in [2.45, 2.75) is 12.5 Å². The van der Waals surface area contributed by atoms with Crippen LogP contribution in [0.5, 0.6) is 0 Å². The van der Waals surface area contributed by atoms with Gasteiger partial charge in [0.2, 0.25) is 0 Å². The number of benzene rings is 2. The molecular formula is C16H12ClNO. The minimum atomic E-state index is 0.00312. The first-order chi connectivity index (χ1) is 9.24. The smallest absolute Gasteiger partial charge is 0.170 e. The maximum absolute atomic E-state index is 12.6. The molecule has 0 radical (unpaired) electrons. The van der Waals surface area contributed by atoms with Crippen molar-refractivity contribution in [2.24, 2.45) is 5.92 Å². The lowest BCUT2D eigenvalue weighted by molar-refractivity contribution is 0.0906. The van der Waals surface area contributed by atoms with Gasteiger partial charge in [0.1, 0.15) is 0 Å². The first-order valence-electron chi connectivity index (χ1n) is 6.42. The molecule has 0 saturated carbocycles. The molecule has 2 atom stereocenters. The zero-order valence-electron chi connectivity index (χ0n) is 10.2. The second kappa shape index (κ2) is 3.84. The zero-order chi connectivity index (χ0) is 13.0. The molecule has 19 heavy (non-hydrogen) atoms. The SMILES string of the molecule is O=C1c2ccccc2NC2c3cc(Cl)ccc3CC12. The van der Waals surface area contributed by atoms with Crippen molar-refractivity contribution in [3.63, 3.8) is 0 Å². The number of Topliss-reactive ketones (excluding diaryl/α,β-unsaturated/α-hetero) is 1. The summed E-state index contributed by atoms with van der Waals surface area (Å²) in [5, 5.41) is 4.22. The Kier molecular flexibility index (Phi) is 2.24. The van der Waals surface area contributed by atoms with Crippen molar-refractivity contribution in [1.29, 1.82) is 0 Å². The third-order valence-electron chi connectivity index (χ3n) is 4.13. The van der Waals surface area contributed by atoms with Crippen LogP contribution in [0.3, 0.4) is 0 Å². The standard InChI is InChI=1S/C16H12ClNO/c17-10-6-5-9-7-13-15(12(9)8-10)18-14-4-2-1-3-11(14)16(13)19/h1-6,8,13,15,18H,7H2. The van der Waals surface area contributed by atoms with Crippen LogP contribution in [0.1, 0.15) is 27.5 Å². The summed E-state index contributed by atoms with van der Waals surface area (Å²) < 4.78 is 0. The van der Waals surface area contributed by atoms with E-state index < -0.39 is 0 Å². The number of carbonyl (C=O) groups excluding carboxylic acids is 1. The topological polar surface area (TPSA) is 29.1 Å². The molecular weight excluding hydrogens is 258 g/mol. The number of hydrogen-bond acceptors (Lipinski definition) is 2. The lowest BCUT2D eigenvalue weighted by atomic mass is 9.86. The lowest BCUT2D eigenvalue weighted by Crippen LogP contribution is -2.30. The van der Waals surface area contributed by atoms with E-state index in [1.165, 1.54) is 11.1 Å². The predicted octanol–water partition coefficient (Wildman–Crippen LogP) is 3.86. The minimum absolute atomic E-state index is 0.00312. The fourth-order valence-corrected chi connectivity index (χ4v) is 3.41. The second-order valence-electron chi connectivity index (χ2n) is 5.19. The lowest BCUT2D eigenvalue weighted by Gasteiger charge is -2.29. The average molecular weight is 270 g/mol. The Morgan fingerprint density at radius 1 is 1.16 bits per heavy atom. The molecule has 0 amide bonds. The van der Waals surface area contributed by atoms with Crippen LogP contribution < -0.4 is 5.32 Å². The van der Waals surface area contributed by atoms with E-state index in [0.717, 1.165) is 22.7 Å². The number of para-hydroxylation sites is 1. The Bertz CT molecular complexity index is 695. The monoisotopic (exact) mass is 269 g/mol. The van der Waals surface area contributed by atoms with Crippen molar-refractivity contribution in [3.8, 4) is 0 Å². The van der Waals surface area contributed by atoms with Gasteiger partial charge in [-0.15, -0.1) is 0 Å². The van der Waals surface area contributed by atoms with Crippen molar-refractivity contribution in [3.05, 3.63) is 64.2 Å². The number of rotatable bonds is 0. The van der Waals surface area contributed by atoms with Crippen molar-refractivity contribution in [2.75, 3.05) is 5.32 Å². The van der Waals surface area contributed by atoms with Gasteiger partial charge < -0.3 is 5.32 Å². The van der Waals surface area contributed by atoms with E-state index in [4.69, 9.17) is 11.6 Å². The molecule has 3 heteroatoms. The van der Waals surface area contributed by atoms with Gasteiger partial charge in [-0.1, -0.05) is 29.8 Å². The molecule has 0 fully saturated rings. The second-order valence-corrected chi connectivity index (χ2v) is 5.62. The molecule has 1 N–H and O–H groups in total. The largest absolute Gasteiger partial charge is 0.377 e. The predicted molar refractivity (Wildman–Crippen MR) is 75.8 cm³/mol. The Balaban J connectivity index is 1.85. The fourth-order valence-electron chi connectivity index (χ4n) is 3.23. The summed E-state index contributed by atoms with van der Waals surface area (Å²) in [5.41, 5.74) is 4.14. The summed E-state index contributed by atoms with van der Waals surface area (Å²) in [6.07, 6.45) is 0.803. The summed E-state index contributed by atoms with van der Waals surface area (Å²) in [4.78, 5) is 12.6. The van der Waals surface area contributed by atoms with Gasteiger partial charge in [-0.25, -0.2) is 0 Å². The molecule has 0 aromatic heterocycles. The van der Waals surface area contributed by atoms with E-state index in [0.29, 0.717) is 0 Å². The van der Waals surface area contributed by atoms with Gasteiger partial charge in [0.05, 0.1) is 12.0 Å². The van der Waals surface area contributed by atoms with Gasteiger partial charge in [-0.3, -0.25) is 4.79 Å². The Hall–Kier alpha value is -1.80. The highest BCUT2D eigenvalue weighted by atomic mass is 35.5. The van der Waals surface area contributed by atoms with Crippen molar-refractivity contribution < 1.29 is 4.79 Å². The molecule has 94 valence electrons. The molecule has 1 aliphatic carbocycles. The first-order valence-corrected chi connectivity index (χ1v) is 6.80. The quantitative estimate of drug-likeness (QED) is 0.787. The summed E-state index contributed by atoms with van der Waals surface area (Å²) >= 11 is 6.08. The number of ketones is 1. The Morgan fingerprint density at radius 2 is 2.00 bits per heavy atom. The van der Waals surface area contributed by atoms with Crippen molar-refractivity contribution >= 4 is 23.1 Å². The van der Waals surface area contributed by atoms with Gasteiger partial charge in [-0.2, -0.15) is 0 Å². The third kappa shape index (κ3) is 1.53. The van der Waals surface area contributed by atoms with Gasteiger partial charge in [0.15, 0.2) is 5.78 Å². The molecule has 0 saturated heterocycles. The van der Waals surface area contributed by atoms with E-state index in [9.17, 15) is 4.79 Å². The molecule has 1 aliphatic heterocycles. The molecule has 2 nitrogen and oxygen atoms in total. The highest BCUT2D eigenvalue weighted by molar-refractivity contribution is 6.30. The highest BCUT2D eigenvalue weighted by Crippen LogP contribution is 2.45. The van der Waals surface area contributed by atoms with Gasteiger partial charge in [0.25, 0.3) is 0 Å². The summed E-state index contributed by atoms with van der Waals surface area (Å²) in [5.74, 6) is 0.245. The first kappa shape index (κ1) is 11.1. The molecule has 0 bridgehead atoms. The van der Waals surface area contributed by atoms with E-state index in [-0.39, 0.29) is 17.7 Å². The van der Waals surface area contributed by atoms with Crippen LogP contribution in [-0.2, 0) is 6.42 Å². The summed E-state index contributed by atoms with van der Waals surface area (Å²) in [6, 6.07) is 13.7. The van der Waals surface area contributed by atoms with Crippen LogP contribution in [0.15, 0.2) is 42.5 Å². The summed E-state index contributed by atoms with van der Waals surface area (Å²) in [6.45, 7) is 0. The zero-order valence-corrected chi connectivity index (χ0v) is 10.9. The van der Waals surface area contributed by atoms with Crippen LogP contribution in [0.4, 0.5) is 5.69 Å². The fraction of sp³-hybridized carbons (Fsp3) is 0.188. The summed E-state index contributed by atoms with van der Waals surface area (Å²) in [7, 11) is 0. The highest BCUT2D eigenvalue weighted by Gasteiger charge is 2.41.